The van der Waals surface area contributed by atoms with Gasteiger partial charge in [-0.15, -0.1) is 0 Å². The van der Waals surface area contributed by atoms with Gasteiger partial charge in [0.2, 0.25) is 0 Å². The number of fused-ring (bicyclic) bond motifs is 8. The third-order valence-corrected chi connectivity index (χ3v) is 10.8. The topological polar surface area (TPSA) is 57.2 Å². The fourth-order valence-corrected chi connectivity index (χ4v) is 7.59. The average molecular weight is 763 g/mol. The number of ether oxygens (including phenoxy) is 4. The van der Waals surface area contributed by atoms with Gasteiger partial charge in [0, 0.05) is 36.8 Å². The molecule has 0 unspecified atom stereocenters. The first kappa shape index (κ1) is 43.0. The Balaban J connectivity index is 1.96. The van der Waals surface area contributed by atoms with Crippen LogP contribution in [0.1, 0.15) is 170 Å². The van der Waals surface area contributed by atoms with Gasteiger partial charge in [-0.1, -0.05) is 119 Å². The molecule has 304 valence electrons. The predicted octanol–water partition coefficient (Wildman–Crippen LogP) is 12.7. The highest BCUT2D eigenvalue weighted by Crippen LogP contribution is 2.44. The number of hydrogen-bond acceptors (Lipinski definition) is 5. The number of aromatic hydroxyl groups is 1. The van der Waals surface area contributed by atoms with E-state index in [0.717, 1.165) is 86.8 Å². The van der Waals surface area contributed by atoms with Crippen molar-refractivity contribution >= 4 is 0 Å². The molecule has 1 aliphatic rings. The molecule has 0 saturated heterocycles. The molecule has 0 aromatic heterocycles. The maximum absolute atomic E-state index is 12.3. The van der Waals surface area contributed by atoms with Crippen LogP contribution in [0, 0.1) is 0 Å². The molecule has 0 radical (unpaired) electrons. The molecule has 0 heterocycles. The van der Waals surface area contributed by atoms with Crippen LogP contribution in [0.3, 0.4) is 0 Å². The minimum absolute atomic E-state index is 0.0912. The SMILES string of the molecule is CCCOc1c2cc(C(C)(C)C)cc1Cc1cc(C(C)(C)C)cc(c1OCCC)Cc1cc(C(C)(C)C)cc(c1OCCC)Cc1cc(OCC)cc(c1O)C2. The molecule has 4 aromatic carbocycles. The fourth-order valence-electron chi connectivity index (χ4n) is 7.59. The normalized spacial score (nSPS) is 13.4. The van der Waals surface area contributed by atoms with Crippen molar-refractivity contribution in [1.29, 1.82) is 0 Å². The van der Waals surface area contributed by atoms with Crippen LogP contribution in [0.5, 0.6) is 28.7 Å². The maximum atomic E-state index is 12.3. The molecular formula is C51H70O5. The summed E-state index contributed by atoms with van der Waals surface area (Å²) in [5, 5.41) is 12.3. The molecule has 1 aliphatic carbocycles. The van der Waals surface area contributed by atoms with Gasteiger partial charge in [-0.2, -0.15) is 0 Å². The van der Waals surface area contributed by atoms with Crippen molar-refractivity contribution in [1.82, 2.24) is 0 Å². The summed E-state index contributed by atoms with van der Waals surface area (Å²) < 4.78 is 26.6. The number of rotatable bonds is 11. The molecule has 56 heavy (non-hydrogen) atoms. The van der Waals surface area contributed by atoms with Gasteiger partial charge in [0.1, 0.15) is 28.7 Å². The molecule has 4 aromatic rings. The first-order valence-corrected chi connectivity index (χ1v) is 21.2. The number of hydrogen-bond donors (Lipinski definition) is 1. The molecule has 1 N–H and O–H groups in total. The van der Waals surface area contributed by atoms with E-state index in [-0.39, 0.29) is 16.2 Å². The third kappa shape index (κ3) is 10.1. The summed E-state index contributed by atoms with van der Waals surface area (Å²) in [6, 6.07) is 18.1. The Bertz CT molecular complexity index is 1860. The molecule has 5 nitrogen and oxygen atoms in total. The van der Waals surface area contributed by atoms with E-state index < -0.39 is 0 Å². The van der Waals surface area contributed by atoms with Crippen molar-refractivity contribution in [3.05, 3.63) is 110 Å². The highest BCUT2D eigenvalue weighted by molar-refractivity contribution is 5.60. The molecule has 0 saturated carbocycles. The van der Waals surface area contributed by atoms with E-state index in [9.17, 15) is 5.11 Å². The quantitative estimate of drug-likeness (QED) is 0.145. The highest BCUT2D eigenvalue weighted by atomic mass is 16.5. The maximum Gasteiger partial charge on any atom is 0.126 e. The van der Waals surface area contributed by atoms with Crippen molar-refractivity contribution < 1.29 is 24.1 Å². The van der Waals surface area contributed by atoms with Gasteiger partial charge in [0.15, 0.2) is 0 Å². The van der Waals surface area contributed by atoms with E-state index in [2.05, 4.69) is 119 Å². The minimum atomic E-state index is -0.115. The van der Waals surface area contributed by atoms with Gasteiger partial charge in [-0.3, -0.25) is 0 Å². The average Bonchev–Trinajstić information content (AvgIpc) is 3.10. The van der Waals surface area contributed by atoms with Crippen molar-refractivity contribution in [3.8, 4) is 28.7 Å². The van der Waals surface area contributed by atoms with E-state index in [1.807, 2.05) is 19.1 Å². The van der Waals surface area contributed by atoms with Crippen LogP contribution in [0.25, 0.3) is 0 Å². The minimum Gasteiger partial charge on any atom is -0.507 e. The van der Waals surface area contributed by atoms with Gasteiger partial charge in [-0.25, -0.2) is 0 Å². The van der Waals surface area contributed by atoms with Gasteiger partial charge < -0.3 is 24.1 Å². The predicted molar refractivity (Wildman–Crippen MR) is 233 cm³/mol. The Morgan fingerprint density at radius 3 is 0.911 bits per heavy atom. The zero-order valence-electron chi connectivity index (χ0n) is 37.0. The largest absolute Gasteiger partial charge is 0.507 e. The van der Waals surface area contributed by atoms with E-state index in [1.165, 1.54) is 16.7 Å². The molecule has 0 amide bonds. The summed E-state index contributed by atoms with van der Waals surface area (Å²) in [4.78, 5) is 0. The summed E-state index contributed by atoms with van der Waals surface area (Å²) in [6.45, 7) is 31.4. The van der Waals surface area contributed by atoms with Crippen LogP contribution < -0.4 is 18.9 Å². The summed E-state index contributed by atoms with van der Waals surface area (Å²) >= 11 is 0. The molecule has 0 atom stereocenters. The Morgan fingerprint density at radius 1 is 0.411 bits per heavy atom. The van der Waals surface area contributed by atoms with Crippen LogP contribution in [-0.4, -0.2) is 31.5 Å². The Labute approximate surface area is 339 Å². The lowest BCUT2D eigenvalue weighted by molar-refractivity contribution is 0.306. The van der Waals surface area contributed by atoms with Gasteiger partial charge in [0.25, 0.3) is 0 Å². The second-order valence-corrected chi connectivity index (χ2v) is 18.9. The summed E-state index contributed by atoms with van der Waals surface area (Å²) in [6.07, 6.45) is 4.97. The van der Waals surface area contributed by atoms with E-state index in [0.29, 0.717) is 57.9 Å². The molecule has 5 rings (SSSR count). The molecule has 5 heteroatoms. The number of phenols is 1. The molecule has 0 fully saturated rings. The Hall–Kier alpha value is -4.12. The Morgan fingerprint density at radius 2 is 0.679 bits per heavy atom. The fraction of sp³-hybridized carbons (Fsp3) is 0.529. The van der Waals surface area contributed by atoms with Crippen molar-refractivity contribution in [2.75, 3.05) is 26.4 Å². The monoisotopic (exact) mass is 763 g/mol. The standard InChI is InChI=1S/C51H70O5/c1-14-18-54-46-35-21-33-31-44(53-17-4)32-34(45(33)52)22-36-26-42(50(8,9)10)28-38(47(36)55-19-15-2)24-40-30-43(51(11,12)13)29-39(48(40)56-20-16-3)23-37(46)27-41(25-35)49(5,6)7/h25-32,52H,14-24H2,1-13H3. The Kier molecular flexibility index (Phi) is 13.5. The van der Waals surface area contributed by atoms with Gasteiger partial charge in [0.05, 0.1) is 26.4 Å². The highest BCUT2D eigenvalue weighted by Gasteiger charge is 2.28. The van der Waals surface area contributed by atoms with Crippen molar-refractivity contribution in [2.45, 2.75) is 151 Å². The lowest BCUT2D eigenvalue weighted by atomic mass is 9.80. The van der Waals surface area contributed by atoms with Crippen LogP contribution in [0.4, 0.5) is 0 Å². The van der Waals surface area contributed by atoms with E-state index in [1.54, 1.807) is 0 Å². The van der Waals surface area contributed by atoms with Crippen LogP contribution in [0.2, 0.25) is 0 Å². The van der Waals surface area contributed by atoms with Crippen LogP contribution >= 0.6 is 0 Å². The number of benzene rings is 4. The number of phenolic OH excluding ortho intramolecular Hbond substituents is 1. The zero-order valence-corrected chi connectivity index (χ0v) is 37.0. The molecule has 0 aliphatic heterocycles. The summed E-state index contributed by atoms with van der Waals surface area (Å²) in [7, 11) is 0. The first-order chi connectivity index (χ1) is 26.4. The molecular weight excluding hydrogens is 693 g/mol. The summed E-state index contributed by atoms with van der Waals surface area (Å²) in [5.74, 6) is 3.81. The van der Waals surface area contributed by atoms with Crippen molar-refractivity contribution in [3.63, 3.8) is 0 Å². The third-order valence-electron chi connectivity index (χ3n) is 10.8. The summed E-state index contributed by atoms with van der Waals surface area (Å²) in [5.41, 5.74) is 11.8. The van der Waals surface area contributed by atoms with E-state index in [4.69, 9.17) is 18.9 Å². The lowest BCUT2D eigenvalue weighted by Crippen LogP contribution is -2.17. The second-order valence-electron chi connectivity index (χ2n) is 18.9. The lowest BCUT2D eigenvalue weighted by Gasteiger charge is -2.28. The van der Waals surface area contributed by atoms with Crippen LogP contribution in [0.15, 0.2) is 48.5 Å². The van der Waals surface area contributed by atoms with E-state index >= 15 is 0 Å². The zero-order chi connectivity index (χ0) is 41.0. The molecule has 0 spiro atoms. The first-order valence-electron chi connectivity index (χ1n) is 21.2. The van der Waals surface area contributed by atoms with Crippen molar-refractivity contribution in [2.24, 2.45) is 0 Å². The van der Waals surface area contributed by atoms with Crippen LogP contribution in [-0.2, 0) is 41.9 Å². The smallest absolute Gasteiger partial charge is 0.126 e. The van der Waals surface area contributed by atoms with Gasteiger partial charge >= 0.3 is 0 Å². The molecule has 8 bridgehead atoms. The second kappa shape index (κ2) is 17.6. The van der Waals surface area contributed by atoms with Gasteiger partial charge in [-0.05, 0) is 105 Å².